The van der Waals surface area contributed by atoms with Crippen LogP contribution in [0.3, 0.4) is 0 Å². The van der Waals surface area contributed by atoms with E-state index in [1.807, 2.05) is 6.07 Å². The number of rotatable bonds is 2. The van der Waals surface area contributed by atoms with Gasteiger partial charge in [0, 0.05) is 17.9 Å². The summed E-state index contributed by atoms with van der Waals surface area (Å²) in [5.41, 5.74) is -1.39. The Morgan fingerprint density at radius 1 is 1.79 bits per heavy atom. The van der Waals surface area contributed by atoms with Crippen LogP contribution < -0.4 is 0 Å². The first kappa shape index (κ1) is 10.3. The molecule has 1 rings (SSSR count). The largest absolute Gasteiger partial charge is 0.497 e. The van der Waals surface area contributed by atoms with Crippen LogP contribution in [0.15, 0.2) is 24.0 Å². The van der Waals surface area contributed by atoms with Gasteiger partial charge in [-0.1, -0.05) is 6.08 Å². The third-order valence-electron chi connectivity index (χ3n) is 2.29. The summed E-state index contributed by atoms with van der Waals surface area (Å²) >= 11 is 0. The van der Waals surface area contributed by atoms with Crippen molar-refractivity contribution in [3.05, 3.63) is 34.1 Å². The Balaban J connectivity index is 3.13. The van der Waals surface area contributed by atoms with E-state index in [9.17, 15) is 10.1 Å². The fourth-order valence-corrected chi connectivity index (χ4v) is 1.28. The van der Waals surface area contributed by atoms with Crippen LogP contribution in [0.25, 0.3) is 0 Å². The molecule has 0 aromatic rings. The van der Waals surface area contributed by atoms with Crippen molar-refractivity contribution in [1.29, 1.82) is 5.26 Å². The number of methoxy groups -OCH3 is 1. The highest BCUT2D eigenvalue weighted by Crippen LogP contribution is 2.29. The van der Waals surface area contributed by atoms with Crippen LogP contribution in [0.5, 0.6) is 0 Å². The summed E-state index contributed by atoms with van der Waals surface area (Å²) in [7, 11) is 1.43. The number of hydrogen-bond donors (Lipinski definition) is 0. The summed E-state index contributed by atoms with van der Waals surface area (Å²) in [6.07, 6.45) is 4.42. The summed E-state index contributed by atoms with van der Waals surface area (Å²) in [5.74, 6) is -0.341. The van der Waals surface area contributed by atoms with Crippen LogP contribution in [0.1, 0.15) is 6.92 Å². The van der Waals surface area contributed by atoms with Crippen molar-refractivity contribution in [2.45, 2.75) is 12.5 Å². The molecule has 0 heterocycles. The smallest absolute Gasteiger partial charge is 0.260 e. The van der Waals surface area contributed by atoms with E-state index in [0.717, 1.165) is 0 Å². The van der Waals surface area contributed by atoms with E-state index >= 15 is 0 Å². The number of ether oxygens (including phenoxy) is 1. The molecule has 5 nitrogen and oxygen atoms in total. The molecule has 5 heteroatoms. The quantitative estimate of drug-likeness (QED) is 0.489. The molecule has 0 radical (unpaired) electrons. The summed E-state index contributed by atoms with van der Waals surface area (Å²) in [6.45, 7) is 1.41. The second-order valence-electron chi connectivity index (χ2n) is 3.20. The zero-order chi connectivity index (χ0) is 10.8. The third-order valence-corrected chi connectivity index (χ3v) is 2.29. The molecule has 0 saturated carbocycles. The Hall–Kier alpha value is -1.83. The van der Waals surface area contributed by atoms with Gasteiger partial charge in [0.2, 0.25) is 0 Å². The average molecular weight is 194 g/mol. The number of allylic oxidation sites excluding steroid dienone is 1. The lowest BCUT2D eigenvalue weighted by atomic mass is 9.83. The van der Waals surface area contributed by atoms with E-state index in [2.05, 4.69) is 0 Å². The highest BCUT2D eigenvalue weighted by Gasteiger charge is 2.45. The van der Waals surface area contributed by atoms with Gasteiger partial charge in [0.15, 0.2) is 0 Å². The van der Waals surface area contributed by atoms with Gasteiger partial charge in [-0.05, 0) is 6.08 Å². The number of nitriles is 1. The van der Waals surface area contributed by atoms with Gasteiger partial charge in [-0.2, -0.15) is 5.26 Å². The second-order valence-corrected chi connectivity index (χ2v) is 3.20. The fourth-order valence-electron chi connectivity index (χ4n) is 1.28. The van der Waals surface area contributed by atoms with E-state index in [1.54, 1.807) is 6.08 Å². The van der Waals surface area contributed by atoms with Crippen LogP contribution in [-0.4, -0.2) is 17.6 Å². The van der Waals surface area contributed by atoms with Gasteiger partial charge in [0.25, 0.3) is 5.54 Å². The minimum absolute atomic E-state index is 0.413. The molecule has 1 aliphatic carbocycles. The zero-order valence-corrected chi connectivity index (χ0v) is 7.93. The minimum atomic E-state index is -1.39. The van der Waals surface area contributed by atoms with Gasteiger partial charge in [-0.3, -0.25) is 10.1 Å². The maximum Gasteiger partial charge on any atom is 0.260 e. The van der Waals surface area contributed by atoms with Crippen molar-refractivity contribution in [3.8, 4) is 6.07 Å². The Kier molecular flexibility index (Phi) is 2.56. The van der Waals surface area contributed by atoms with E-state index in [-0.39, 0.29) is 0 Å². The highest BCUT2D eigenvalue weighted by atomic mass is 16.6. The Morgan fingerprint density at radius 2 is 2.43 bits per heavy atom. The summed E-state index contributed by atoms with van der Waals surface area (Å²) in [6, 6.07) is 1.89. The van der Waals surface area contributed by atoms with Crippen LogP contribution in [0.2, 0.25) is 0 Å². The van der Waals surface area contributed by atoms with Gasteiger partial charge in [-0.15, -0.1) is 0 Å². The lowest BCUT2D eigenvalue weighted by Crippen LogP contribution is -2.41. The Morgan fingerprint density at radius 3 is 2.86 bits per heavy atom. The van der Waals surface area contributed by atoms with Gasteiger partial charge in [0.1, 0.15) is 11.7 Å². The van der Waals surface area contributed by atoms with Crippen molar-refractivity contribution >= 4 is 0 Å². The van der Waals surface area contributed by atoms with Crippen LogP contribution in [0, 0.1) is 27.4 Å². The van der Waals surface area contributed by atoms with Crippen LogP contribution in [0.4, 0.5) is 0 Å². The molecule has 0 aromatic heterocycles. The zero-order valence-electron chi connectivity index (χ0n) is 7.93. The average Bonchev–Trinajstić information content (AvgIpc) is 2.17. The first-order chi connectivity index (χ1) is 6.54. The maximum atomic E-state index is 10.8. The lowest BCUT2D eigenvalue weighted by Gasteiger charge is -2.23. The van der Waals surface area contributed by atoms with Crippen molar-refractivity contribution < 1.29 is 9.66 Å². The third kappa shape index (κ3) is 1.46. The monoisotopic (exact) mass is 194 g/mol. The molecule has 74 valence electrons. The Labute approximate surface area is 81.4 Å². The molecular formula is C9H10N2O3. The van der Waals surface area contributed by atoms with Crippen molar-refractivity contribution in [1.82, 2.24) is 0 Å². The molecule has 0 fully saturated rings. The van der Waals surface area contributed by atoms with Crippen molar-refractivity contribution in [3.63, 3.8) is 0 Å². The predicted molar refractivity (Wildman–Crippen MR) is 48.7 cm³/mol. The van der Waals surface area contributed by atoms with Crippen LogP contribution in [-0.2, 0) is 4.74 Å². The summed E-state index contributed by atoms with van der Waals surface area (Å²) < 4.78 is 4.89. The Bertz CT molecular complexity index is 354. The van der Waals surface area contributed by atoms with E-state index in [4.69, 9.17) is 10.00 Å². The van der Waals surface area contributed by atoms with E-state index in [1.165, 1.54) is 26.2 Å². The topological polar surface area (TPSA) is 76.2 Å². The van der Waals surface area contributed by atoms with Crippen LogP contribution >= 0.6 is 0 Å². The second kappa shape index (κ2) is 3.50. The molecule has 0 saturated heterocycles. The molecule has 14 heavy (non-hydrogen) atoms. The maximum absolute atomic E-state index is 10.8. The van der Waals surface area contributed by atoms with Crippen molar-refractivity contribution in [2.24, 2.45) is 5.92 Å². The molecule has 0 amide bonds. The normalized spacial score (nSPS) is 30.4. The van der Waals surface area contributed by atoms with E-state index < -0.39 is 16.4 Å². The lowest BCUT2D eigenvalue weighted by molar-refractivity contribution is -0.555. The number of hydrogen-bond acceptors (Lipinski definition) is 4. The molecule has 1 aliphatic rings. The van der Waals surface area contributed by atoms with Gasteiger partial charge >= 0.3 is 0 Å². The van der Waals surface area contributed by atoms with Gasteiger partial charge in [0.05, 0.1) is 13.2 Å². The predicted octanol–water partition coefficient (Wildman–Crippen LogP) is 1.26. The summed E-state index contributed by atoms with van der Waals surface area (Å²) in [5, 5.41) is 19.6. The minimum Gasteiger partial charge on any atom is -0.497 e. The molecular weight excluding hydrogens is 184 g/mol. The molecule has 0 N–H and O–H groups in total. The standard InChI is InChI=1S/C9H10N2O3/c1-9(11(12)13)5-8(14-2)4-3-7(9)6-10/h3-5,7H,1-2H3. The molecule has 0 spiro atoms. The van der Waals surface area contributed by atoms with Crippen molar-refractivity contribution in [2.75, 3.05) is 7.11 Å². The highest BCUT2D eigenvalue weighted by molar-refractivity contribution is 5.29. The van der Waals surface area contributed by atoms with E-state index in [0.29, 0.717) is 5.76 Å². The van der Waals surface area contributed by atoms with Gasteiger partial charge < -0.3 is 4.74 Å². The first-order valence-electron chi connectivity index (χ1n) is 4.03. The molecule has 0 aromatic carbocycles. The molecule has 2 unspecified atom stereocenters. The molecule has 0 aliphatic heterocycles. The summed E-state index contributed by atoms with van der Waals surface area (Å²) in [4.78, 5) is 10.4. The number of nitro groups is 1. The first-order valence-corrected chi connectivity index (χ1v) is 4.03. The number of nitrogens with zero attached hydrogens (tertiary/aromatic N) is 2. The SMILES string of the molecule is COC1=CC(C)([N+](=O)[O-])C(C#N)C=C1. The molecule has 2 atom stereocenters. The molecule has 0 bridgehead atoms. The fraction of sp³-hybridized carbons (Fsp3) is 0.444. The van der Waals surface area contributed by atoms with Gasteiger partial charge in [-0.25, -0.2) is 0 Å².